The summed E-state index contributed by atoms with van der Waals surface area (Å²) in [6, 6.07) is 8.87. The highest BCUT2D eigenvalue weighted by Crippen LogP contribution is 2.34. The number of hydrogen-bond donors (Lipinski definition) is 1. The van der Waals surface area contributed by atoms with Gasteiger partial charge in [-0.2, -0.15) is 0 Å². The zero-order chi connectivity index (χ0) is 18.4. The van der Waals surface area contributed by atoms with Gasteiger partial charge < -0.3 is 19.7 Å². The van der Waals surface area contributed by atoms with Crippen molar-refractivity contribution in [3.63, 3.8) is 0 Å². The number of nitrogens with one attached hydrogen (secondary N) is 1. The van der Waals surface area contributed by atoms with Gasteiger partial charge in [-0.25, -0.2) is 0 Å². The molecule has 1 aromatic rings. The smallest absolute Gasteiger partial charge is 0.0642 e. The highest BCUT2D eigenvalue weighted by molar-refractivity contribution is 5.53. The molecule has 5 nitrogen and oxygen atoms in total. The molecule has 4 rings (SSSR count). The lowest BCUT2D eigenvalue weighted by molar-refractivity contribution is -0.0369. The van der Waals surface area contributed by atoms with Gasteiger partial charge in [-0.05, 0) is 24.5 Å². The van der Waals surface area contributed by atoms with Crippen LogP contribution in [0.25, 0.3) is 0 Å². The van der Waals surface area contributed by atoms with Crippen LogP contribution >= 0.6 is 0 Å². The van der Waals surface area contributed by atoms with Gasteiger partial charge in [0.1, 0.15) is 0 Å². The average Bonchev–Trinajstić information content (AvgIpc) is 2.76. The first-order chi connectivity index (χ1) is 13.4. The van der Waals surface area contributed by atoms with E-state index in [-0.39, 0.29) is 0 Å². The van der Waals surface area contributed by atoms with Gasteiger partial charge in [0.25, 0.3) is 0 Å². The quantitative estimate of drug-likeness (QED) is 0.830. The molecular weight excluding hydrogens is 338 g/mol. The van der Waals surface area contributed by atoms with E-state index >= 15 is 0 Å². The second kappa shape index (κ2) is 9.37. The number of hydrogen-bond acceptors (Lipinski definition) is 5. The second-order valence-corrected chi connectivity index (χ2v) is 8.22. The first-order valence-electron chi connectivity index (χ1n) is 10.8. The molecule has 3 fully saturated rings. The Morgan fingerprint density at radius 3 is 2.26 bits per heavy atom. The molecule has 2 heterocycles. The Kier molecular flexibility index (Phi) is 6.66. The molecule has 0 radical (unpaired) electrons. The van der Waals surface area contributed by atoms with Gasteiger partial charge in [-0.3, -0.25) is 4.90 Å². The molecule has 0 atom stereocenters. The summed E-state index contributed by atoms with van der Waals surface area (Å²) in [5.74, 6) is 0. The highest BCUT2D eigenvalue weighted by atomic mass is 16.5. The number of morpholine rings is 2. The molecule has 0 spiro atoms. The van der Waals surface area contributed by atoms with Gasteiger partial charge in [0, 0.05) is 50.5 Å². The van der Waals surface area contributed by atoms with Crippen LogP contribution in [0.5, 0.6) is 0 Å². The minimum atomic E-state index is 0.329. The summed E-state index contributed by atoms with van der Waals surface area (Å²) >= 11 is 0. The summed E-state index contributed by atoms with van der Waals surface area (Å²) in [6.07, 6.45) is 6.77. The van der Waals surface area contributed by atoms with E-state index in [9.17, 15) is 0 Å². The molecule has 1 N–H and O–H groups in total. The number of para-hydroxylation sites is 1. The summed E-state index contributed by atoms with van der Waals surface area (Å²) < 4.78 is 11.1. The van der Waals surface area contributed by atoms with Crippen molar-refractivity contribution < 1.29 is 9.47 Å². The van der Waals surface area contributed by atoms with E-state index in [4.69, 9.17) is 9.47 Å². The maximum absolute atomic E-state index is 5.61. The van der Waals surface area contributed by atoms with Crippen LogP contribution in [-0.2, 0) is 16.0 Å². The zero-order valence-electron chi connectivity index (χ0n) is 16.6. The summed E-state index contributed by atoms with van der Waals surface area (Å²) in [5, 5.41) is 3.85. The first-order valence-corrected chi connectivity index (χ1v) is 10.8. The summed E-state index contributed by atoms with van der Waals surface area (Å²) in [6.45, 7) is 9.65. The monoisotopic (exact) mass is 373 g/mol. The molecule has 150 valence electrons. The minimum Gasteiger partial charge on any atom is -0.379 e. The standard InChI is InChI=1S/C22H35N3O2/c1-4-8-22(9-5-1,25-12-16-27-17-13-25)19-23-18-20-6-2-3-7-21(20)24-10-14-26-15-11-24/h2-3,6-7,23H,1,4-5,8-19H2. The number of anilines is 1. The van der Waals surface area contributed by atoms with Crippen molar-refractivity contribution in [1.29, 1.82) is 0 Å². The fourth-order valence-electron chi connectivity index (χ4n) is 5.06. The average molecular weight is 374 g/mol. The van der Waals surface area contributed by atoms with E-state index in [2.05, 4.69) is 39.4 Å². The molecule has 2 aliphatic heterocycles. The molecule has 1 saturated carbocycles. The normalized spacial score (nSPS) is 24.1. The number of ether oxygens (including phenoxy) is 2. The van der Waals surface area contributed by atoms with Crippen LogP contribution in [-0.4, -0.2) is 69.6 Å². The molecule has 5 heteroatoms. The van der Waals surface area contributed by atoms with Gasteiger partial charge in [0.2, 0.25) is 0 Å². The summed E-state index contributed by atoms with van der Waals surface area (Å²) in [7, 11) is 0. The van der Waals surface area contributed by atoms with Crippen molar-refractivity contribution in [3.8, 4) is 0 Å². The van der Waals surface area contributed by atoms with Crippen molar-refractivity contribution in [1.82, 2.24) is 10.2 Å². The van der Waals surface area contributed by atoms with Crippen LogP contribution < -0.4 is 10.2 Å². The first kappa shape index (κ1) is 19.2. The maximum Gasteiger partial charge on any atom is 0.0642 e. The fourth-order valence-corrected chi connectivity index (χ4v) is 5.06. The Morgan fingerprint density at radius 2 is 1.52 bits per heavy atom. The van der Waals surface area contributed by atoms with Crippen molar-refractivity contribution >= 4 is 5.69 Å². The van der Waals surface area contributed by atoms with Gasteiger partial charge in [-0.1, -0.05) is 37.5 Å². The van der Waals surface area contributed by atoms with Crippen LogP contribution in [0.15, 0.2) is 24.3 Å². The Balaban J connectivity index is 1.40. The molecule has 27 heavy (non-hydrogen) atoms. The zero-order valence-corrected chi connectivity index (χ0v) is 16.6. The van der Waals surface area contributed by atoms with Crippen LogP contribution in [0.1, 0.15) is 37.7 Å². The highest BCUT2D eigenvalue weighted by Gasteiger charge is 2.38. The number of nitrogens with zero attached hydrogens (tertiary/aromatic N) is 2. The van der Waals surface area contributed by atoms with Crippen LogP contribution in [0, 0.1) is 0 Å². The van der Waals surface area contributed by atoms with Gasteiger partial charge in [-0.15, -0.1) is 0 Å². The molecule has 0 bridgehead atoms. The largest absolute Gasteiger partial charge is 0.379 e. The predicted octanol–water partition coefficient (Wildman–Crippen LogP) is 2.65. The lowest BCUT2D eigenvalue weighted by Crippen LogP contribution is -2.59. The van der Waals surface area contributed by atoms with Crippen molar-refractivity contribution in [3.05, 3.63) is 29.8 Å². The number of benzene rings is 1. The van der Waals surface area contributed by atoms with E-state index in [0.717, 1.165) is 65.7 Å². The molecule has 0 amide bonds. The lowest BCUT2D eigenvalue weighted by atomic mass is 9.79. The summed E-state index contributed by atoms with van der Waals surface area (Å²) in [5.41, 5.74) is 3.11. The molecule has 0 unspecified atom stereocenters. The van der Waals surface area contributed by atoms with Gasteiger partial charge in [0.15, 0.2) is 0 Å². The van der Waals surface area contributed by atoms with Crippen LogP contribution in [0.4, 0.5) is 5.69 Å². The second-order valence-electron chi connectivity index (χ2n) is 8.22. The number of rotatable bonds is 6. The Morgan fingerprint density at radius 1 is 0.852 bits per heavy atom. The molecule has 3 aliphatic rings. The Bertz CT molecular complexity index is 577. The van der Waals surface area contributed by atoms with Crippen molar-refractivity contribution in [2.24, 2.45) is 0 Å². The molecule has 1 aliphatic carbocycles. The third kappa shape index (κ3) is 4.65. The Hall–Kier alpha value is -1.14. The van der Waals surface area contributed by atoms with Crippen LogP contribution in [0.2, 0.25) is 0 Å². The molecule has 0 aromatic heterocycles. The lowest BCUT2D eigenvalue weighted by Gasteiger charge is -2.48. The molecule has 1 aromatic carbocycles. The predicted molar refractivity (Wildman–Crippen MR) is 109 cm³/mol. The van der Waals surface area contributed by atoms with Crippen molar-refractivity contribution in [2.75, 3.05) is 64.1 Å². The van der Waals surface area contributed by atoms with E-state index in [1.807, 2.05) is 0 Å². The Labute approximate surface area is 164 Å². The van der Waals surface area contributed by atoms with Gasteiger partial charge in [0.05, 0.1) is 26.4 Å². The van der Waals surface area contributed by atoms with E-state index < -0.39 is 0 Å². The third-order valence-corrected chi connectivity index (χ3v) is 6.58. The molecule has 2 saturated heterocycles. The minimum absolute atomic E-state index is 0.329. The van der Waals surface area contributed by atoms with E-state index in [1.165, 1.54) is 43.4 Å². The maximum atomic E-state index is 5.61. The topological polar surface area (TPSA) is 37.0 Å². The molecular formula is C22H35N3O2. The van der Waals surface area contributed by atoms with E-state index in [0.29, 0.717) is 5.54 Å². The van der Waals surface area contributed by atoms with Crippen LogP contribution in [0.3, 0.4) is 0 Å². The van der Waals surface area contributed by atoms with Crippen molar-refractivity contribution in [2.45, 2.75) is 44.2 Å². The van der Waals surface area contributed by atoms with Gasteiger partial charge >= 0.3 is 0 Å². The SMILES string of the molecule is c1ccc(N2CCOCC2)c(CNCC2(N3CCOCC3)CCCCC2)c1. The fraction of sp³-hybridized carbons (Fsp3) is 0.727. The third-order valence-electron chi connectivity index (χ3n) is 6.58. The van der Waals surface area contributed by atoms with E-state index in [1.54, 1.807) is 0 Å². The summed E-state index contributed by atoms with van der Waals surface area (Å²) in [4.78, 5) is 5.19.